The van der Waals surface area contributed by atoms with Gasteiger partial charge in [-0.3, -0.25) is 4.79 Å². The molecule has 0 aliphatic heterocycles. The second-order valence-electron chi connectivity index (χ2n) is 6.42. The van der Waals surface area contributed by atoms with E-state index in [2.05, 4.69) is 24.3 Å². The van der Waals surface area contributed by atoms with E-state index in [-0.39, 0.29) is 5.54 Å². The van der Waals surface area contributed by atoms with Crippen molar-refractivity contribution >= 4 is 5.78 Å². The Morgan fingerprint density at radius 3 is 2.79 bits per heavy atom. The van der Waals surface area contributed by atoms with E-state index in [0.29, 0.717) is 24.5 Å². The second-order valence-corrected chi connectivity index (χ2v) is 6.42. The normalized spacial score (nSPS) is 24.4. The molecule has 2 heteroatoms. The molecule has 102 valence electrons. The number of carbonyl (C=O) groups excluding carboxylic acids is 1. The Balaban J connectivity index is 1.66. The molecule has 1 unspecified atom stereocenters. The average molecular weight is 257 g/mol. The number of fused-ring (bicyclic) bond motifs is 1. The van der Waals surface area contributed by atoms with Gasteiger partial charge in [0, 0.05) is 18.4 Å². The number of rotatable bonds is 4. The Kier molecular flexibility index (Phi) is 3.44. The van der Waals surface area contributed by atoms with Gasteiger partial charge < -0.3 is 5.73 Å². The van der Waals surface area contributed by atoms with Crippen LogP contribution < -0.4 is 5.73 Å². The summed E-state index contributed by atoms with van der Waals surface area (Å²) < 4.78 is 0. The maximum Gasteiger partial charge on any atom is 0.135 e. The first kappa shape index (κ1) is 12.9. The molecule has 1 aromatic carbocycles. The highest BCUT2D eigenvalue weighted by molar-refractivity contribution is 5.80. The van der Waals surface area contributed by atoms with E-state index in [9.17, 15) is 4.79 Å². The minimum absolute atomic E-state index is 0.161. The van der Waals surface area contributed by atoms with Gasteiger partial charge in [-0.2, -0.15) is 0 Å². The number of nitrogens with two attached hydrogens (primary N) is 1. The molecule has 0 amide bonds. The van der Waals surface area contributed by atoms with Gasteiger partial charge in [-0.25, -0.2) is 0 Å². The summed E-state index contributed by atoms with van der Waals surface area (Å²) in [6, 6.07) is 8.61. The molecular weight excluding hydrogens is 234 g/mol. The first-order valence-electron chi connectivity index (χ1n) is 7.55. The summed E-state index contributed by atoms with van der Waals surface area (Å²) >= 11 is 0. The maximum absolute atomic E-state index is 12.2. The van der Waals surface area contributed by atoms with Crippen LogP contribution in [0, 0.1) is 0 Å². The smallest absolute Gasteiger partial charge is 0.135 e. The molecule has 0 spiro atoms. The summed E-state index contributed by atoms with van der Waals surface area (Å²) in [7, 11) is 0. The summed E-state index contributed by atoms with van der Waals surface area (Å²) in [6.45, 7) is 0. The van der Waals surface area contributed by atoms with E-state index >= 15 is 0 Å². The number of carbonyl (C=O) groups is 1. The lowest BCUT2D eigenvalue weighted by Gasteiger charge is -2.38. The standard InChI is InChI=1S/C17H23NO/c18-17(9-4-10-17)12-15(19)11-14-7-3-6-13-5-1-2-8-16(13)14/h1-2,5,8,14H,3-4,6-7,9-12,18H2. The molecule has 2 N–H and O–H groups in total. The number of aryl methyl sites for hydroxylation is 1. The van der Waals surface area contributed by atoms with Crippen molar-refractivity contribution in [2.75, 3.05) is 0 Å². The first-order valence-corrected chi connectivity index (χ1v) is 7.55. The zero-order valence-corrected chi connectivity index (χ0v) is 11.5. The zero-order chi connectivity index (χ0) is 13.3. The van der Waals surface area contributed by atoms with Crippen LogP contribution in [-0.2, 0) is 11.2 Å². The predicted molar refractivity (Wildman–Crippen MR) is 77.1 cm³/mol. The van der Waals surface area contributed by atoms with Crippen molar-refractivity contribution in [1.82, 2.24) is 0 Å². The van der Waals surface area contributed by atoms with Gasteiger partial charge >= 0.3 is 0 Å². The fourth-order valence-electron chi connectivity index (χ4n) is 3.61. The van der Waals surface area contributed by atoms with E-state index in [1.54, 1.807) is 0 Å². The summed E-state index contributed by atoms with van der Waals surface area (Å²) in [6.07, 6.45) is 8.06. The Morgan fingerprint density at radius 1 is 1.26 bits per heavy atom. The third kappa shape index (κ3) is 2.74. The molecule has 1 aromatic rings. The van der Waals surface area contributed by atoms with Gasteiger partial charge in [0.15, 0.2) is 0 Å². The van der Waals surface area contributed by atoms with Crippen LogP contribution in [0.1, 0.15) is 62.0 Å². The SMILES string of the molecule is NC1(CC(=O)CC2CCCc3ccccc32)CCC1. The molecule has 19 heavy (non-hydrogen) atoms. The Labute approximate surface area is 115 Å². The topological polar surface area (TPSA) is 43.1 Å². The van der Waals surface area contributed by atoms with Gasteiger partial charge in [-0.05, 0) is 55.6 Å². The molecule has 1 saturated carbocycles. The van der Waals surface area contributed by atoms with Crippen LogP contribution in [0.3, 0.4) is 0 Å². The summed E-state index contributed by atoms with van der Waals surface area (Å²) in [5, 5.41) is 0. The maximum atomic E-state index is 12.2. The average Bonchev–Trinajstić information content (AvgIpc) is 2.37. The van der Waals surface area contributed by atoms with Crippen molar-refractivity contribution < 1.29 is 4.79 Å². The highest BCUT2D eigenvalue weighted by Crippen LogP contribution is 2.37. The Morgan fingerprint density at radius 2 is 2.05 bits per heavy atom. The monoisotopic (exact) mass is 257 g/mol. The number of benzene rings is 1. The van der Waals surface area contributed by atoms with Crippen LogP contribution in [-0.4, -0.2) is 11.3 Å². The minimum Gasteiger partial charge on any atom is -0.325 e. The van der Waals surface area contributed by atoms with Gasteiger partial charge in [0.2, 0.25) is 0 Å². The first-order chi connectivity index (χ1) is 9.16. The molecule has 1 fully saturated rings. The largest absolute Gasteiger partial charge is 0.325 e. The lowest BCUT2D eigenvalue weighted by Crippen LogP contribution is -2.48. The molecule has 0 bridgehead atoms. The predicted octanol–water partition coefficient (Wildman–Crippen LogP) is 3.34. The van der Waals surface area contributed by atoms with Crippen LogP contribution in [0.15, 0.2) is 24.3 Å². The lowest BCUT2D eigenvalue weighted by atomic mass is 9.72. The molecule has 0 saturated heterocycles. The van der Waals surface area contributed by atoms with Crippen LogP contribution >= 0.6 is 0 Å². The number of hydrogen-bond acceptors (Lipinski definition) is 2. The van der Waals surface area contributed by atoms with E-state index in [1.807, 2.05) is 0 Å². The van der Waals surface area contributed by atoms with E-state index in [4.69, 9.17) is 5.73 Å². The third-order valence-corrected chi connectivity index (χ3v) is 4.87. The van der Waals surface area contributed by atoms with Gasteiger partial charge in [-0.1, -0.05) is 24.3 Å². The number of hydrogen-bond donors (Lipinski definition) is 1. The molecule has 0 aromatic heterocycles. The van der Waals surface area contributed by atoms with Crippen LogP contribution in [0.25, 0.3) is 0 Å². The van der Waals surface area contributed by atoms with Crippen molar-refractivity contribution in [2.45, 2.75) is 62.8 Å². The summed E-state index contributed by atoms with van der Waals surface area (Å²) in [4.78, 5) is 12.2. The Bertz CT molecular complexity index is 476. The van der Waals surface area contributed by atoms with Crippen molar-refractivity contribution in [3.05, 3.63) is 35.4 Å². The molecule has 0 radical (unpaired) electrons. The highest BCUT2D eigenvalue weighted by Gasteiger charge is 2.35. The van der Waals surface area contributed by atoms with Gasteiger partial charge in [-0.15, -0.1) is 0 Å². The molecule has 3 rings (SSSR count). The minimum atomic E-state index is -0.161. The van der Waals surface area contributed by atoms with Crippen molar-refractivity contribution in [1.29, 1.82) is 0 Å². The van der Waals surface area contributed by atoms with Crippen LogP contribution in [0.5, 0.6) is 0 Å². The third-order valence-electron chi connectivity index (χ3n) is 4.87. The fraction of sp³-hybridized carbons (Fsp3) is 0.588. The summed E-state index contributed by atoms with van der Waals surface area (Å²) in [5.41, 5.74) is 8.87. The second kappa shape index (κ2) is 5.09. The molecule has 2 aliphatic rings. The van der Waals surface area contributed by atoms with Gasteiger partial charge in [0.1, 0.15) is 5.78 Å². The van der Waals surface area contributed by atoms with Crippen LogP contribution in [0.2, 0.25) is 0 Å². The highest BCUT2D eigenvalue weighted by atomic mass is 16.1. The van der Waals surface area contributed by atoms with Crippen molar-refractivity contribution in [3.8, 4) is 0 Å². The van der Waals surface area contributed by atoms with E-state index in [1.165, 1.54) is 30.4 Å². The number of ketones is 1. The van der Waals surface area contributed by atoms with Crippen LogP contribution in [0.4, 0.5) is 0 Å². The molecule has 2 nitrogen and oxygen atoms in total. The van der Waals surface area contributed by atoms with E-state index in [0.717, 1.165) is 19.3 Å². The van der Waals surface area contributed by atoms with Gasteiger partial charge in [0.05, 0.1) is 0 Å². The molecule has 1 atom stereocenters. The fourth-order valence-corrected chi connectivity index (χ4v) is 3.61. The molecular formula is C17H23NO. The van der Waals surface area contributed by atoms with Gasteiger partial charge in [0.25, 0.3) is 0 Å². The molecule has 0 heterocycles. The zero-order valence-electron chi connectivity index (χ0n) is 11.5. The van der Waals surface area contributed by atoms with E-state index < -0.39 is 0 Å². The summed E-state index contributed by atoms with van der Waals surface area (Å²) in [5.74, 6) is 0.796. The Hall–Kier alpha value is -1.15. The van der Waals surface area contributed by atoms with Crippen molar-refractivity contribution in [2.24, 2.45) is 5.73 Å². The quantitative estimate of drug-likeness (QED) is 0.899. The van der Waals surface area contributed by atoms with Crippen molar-refractivity contribution in [3.63, 3.8) is 0 Å². The lowest BCUT2D eigenvalue weighted by molar-refractivity contribution is -0.121. The molecule has 2 aliphatic carbocycles. The number of Topliss-reactive ketones (excluding diaryl/α,β-unsaturated/α-hetero) is 1.